The van der Waals surface area contributed by atoms with Gasteiger partial charge in [0.05, 0.1) is 16.4 Å². The largest absolute Gasteiger partial charge is 0.300 e. The maximum Gasteiger partial charge on any atom is 0.130 e. The Kier molecular flexibility index (Phi) is 8.13. The van der Waals surface area contributed by atoms with Gasteiger partial charge in [-0.1, -0.05) is 45.4 Å². The molecule has 3 rings (SSSR count). The monoisotopic (exact) mass is 322 g/mol. The van der Waals surface area contributed by atoms with Crippen LogP contribution in [0.3, 0.4) is 0 Å². The van der Waals surface area contributed by atoms with E-state index in [9.17, 15) is 0 Å². The summed E-state index contributed by atoms with van der Waals surface area (Å²) in [4.78, 5) is 6.59. The number of halogens is 1. The molecular formula is C17H27ClN4. The molecule has 0 atom stereocenters. The molecule has 22 heavy (non-hydrogen) atoms. The molecule has 5 heteroatoms. The van der Waals surface area contributed by atoms with Crippen molar-refractivity contribution in [2.24, 2.45) is 0 Å². The van der Waals surface area contributed by atoms with E-state index in [4.69, 9.17) is 11.6 Å². The van der Waals surface area contributed by atoms with Gasteiger partial charge in [-0.05, 0) is 25.6 Å². The van der Waals surface area contributed by atoms with Gasteiger partial charge in [-0.2, -0.15) is 5.10 Å². The number of hydrogen-bond donors (Lipinski definition) is 0. The maximum absolute atomic E-state index is 6.46. The Balaban J connectivity index is 0.000000561. The highest BCUT2D eigenvalue weighted by atomic mass is 35.5. The number of aromatic nitrogens is 3. The number of aryl methyl sites for hydroxylation is 1. The lowest BCUT2D eigenvalue weighted by Crippen LogP contribution is -2.17. The van der Waals surface area contributed by atoms with Crippen molar-refractivity contribution in [2.45, 2.75) is 47.2 Å². The molecule has 0 radical (unpaired) electrons. The van der Waals surface area contributed by atoms with Crippen molar-refractivity contribution in [1.29, 1.82) is 0 Å². The molecule has 2 aromatic heterocycles. The minimum Gasteiger partial charge on any atom is -0.300 e. The van der Waals surface area contributed by atoms with E-state index >= 15 is 0 Å². The summed E-state index contributed by atoms with van der Waals surface area (Å²) in [6.07, 6.45) is 2.87. The quantitative estimate of drug-likeness (QED) is 0.776. The first kappa shape index (κ1) is 18.7. The summed E-state index contributed by atoms with van der Waals surface area (Å²) in [5, 5.41) is 5.35. The van der Waals surface area contributed by atoms with E-state index in [1.54, 1.807) is 6.20 Å². The third kappa shape index (κ3) is 4.31. The summed E-state index contributed by atoms with van der Waals surface area (Å²) >= 11 is 6.46. The molecule has 1 aliphatic rings. The average molecular weight is 323 g/mol. The second-order valence-corrected chi connectivity index (χ2v) is 5.02. The number of hydrogen-bond acceptors (Lipinski definition) is 3. The molecule has 3 heterocycles. The van der Waals surface area contributed by atoms with Gasteiger partial charge < -0.3 is 4.90 Å². The van der Waals surface area contributed by atoms with Gasteiger partial charge in [-0.3, -0.25) is 9.67 Å². The fraction of sp³-hybridized carbons (Fsp3) is 0.529. The van der Waals surface area contributed by atoms with E-state index < -0.39 is 0 Å². The molecule has 4 nitrogen and oxygen atoms in total. The van der Waals surface area contributed by atoms with Gasteiger partial charge in [-0.15, -0.1) is 0 Å². The SMILES string of the molecule is CC.CC.CN1CCCn2nc(-c3ccccn3)c(Cl)c2C1. The van der Waals surface area contributed by atoms with Crippen LogP contribution in [0.15, 0.2) is 24.4 Å². The third-order valence-electron chi connectivity index (χ3n) is 3.23. The van der Waals surface area contributed by atoms with Crippen LogP contribution in [-0.4, -0.2) is 33.3 Å². The Hall–Kier alpha value is -1.39. The van der Waals surface area contributed by atoms with E-state index in [1.807, 2.05) is 50.6 Å². The van der Waals surface area contributed by atoms with Crippen molar-refractivity contribution in [3.8, 4) is 11.4 Å². The lowest BCUT2D eigenvalue weighted by Gasteiger charge is -2.11. The summed E-state index contributed by atoms with van der Waals surface area (Å²) in [5.74, 6) is 0. The molecule has 122 valence electrons. The lowest BCUT2D eigenvalue weighted by molar-refractivity contribution is 0.332. The average Bonchev–Trinajstić information content (AvgIpc) is 2.77. The predicted octanol–water partition coefficient (Wildman–Crippen LogP) is 4.49. The molecule has 1 aliphatic heterocycles. The molecule has 0 saturated heterocycles. The fourth-order valence-corrected chi connectivity index (χ4v) is 2.59. The highest BCUT2D eigenvalue weighted by Gasteiger charge is 2.21. The van der Waals surface area contributed by atoms with Gasteiger partial charge in [0.2, 0.25) is 0 Å². The second-order valence-electron chi connectivity index (χ2n) is 4.64. The number of fused-ring (bicyclic) bond motifs is 1. The van der Waals surface area contributed by atoms with Crippen LogP contribution in [0.1, 0.15) is 39.8 Å². The van der Waals surface area contributed by atoms with E-state index in [-0.39, 0.29) is 0 Å². The predicted molar refractivity (Wildman–Crippen MR) is 94.1 cm³/mol. The molecule has 2 aromatic rings. The summed E-state index contributed by atoms with van der Waals surface area (Å²) < 4.78 is 2.02. The zero-order valence-corrected chi connectivity index (χ0v) is 15.1. The number of nitrogens with zero attached hydrogens (tertiary/aromatic N) is 4. The summed E-state index contributed by atoms with van der Waals surface area (Å²) in [7, 11) is 2.11. The first-order valence-corrected chi connectivity index (χ1v) is 8.48. The molecule has 0 spiro atoms. The van der Waals surface area contributed by atoms with Gasteiger partial charge in [-0.25, -0.2) is 0 Å². The molecule has 0 aromatic carbocycles. The van der Waals surface area contributed by atoms with Crippen LogP contribution < -0.4 is 0 Å². The van der Waals surface area contributed by atoms with Crippen LogP contribution in [0.4, 0.5) is 0 Å². The second kappa shape index (κ2) is 9.59. The lowest BCUT2D eigenvalue weighted by atomic mass is 10.2. The Labute approximate surface area is 139 Å². The van der Waals surface area contributed by atoms with Crippen molar-refractivity contribution < 1.29 is 0 Å². The first-order chi connectivity index (χ1) is 10.8. The topological polar surface area (TPSA) is 34.0 Å². The molecule has 0 bridgehead atoms. The van der Waals surface area contributed by atoms with Crippen LogP contribution in [0.25, 0.3) is 11.4 Å². The summed E-state index contributed by atoms with van der Waals surface area (Å²) in [6, 6.07) is 5.79. The van der Waals surface area contributed by atoms with Crippen LogP contribution in [0.2, 0.25) is 5.02 Å². The standard InChI is InChI=1S/C13H15ClN4.2C2H6/c1-17-7-4-8-18-11(9-17)12(14)13(16-18)10-5-2-3-6-15-10;2*1-2/h2-3,5-6H,4,7-9H2,1H3;2*1-2H3. The van der Waals surface area contributed by atoms with Crippen molar-refractivity contribution in [1.82, 2.24) is 19.7 Å². The Bertz CT molecular complexity index is 551. The van der Waals surface area contributed by atoms with E-state index in [2.05, 4.69) is 22.0 Å². The minimum absolute atomic E-state index is 0.738. The van der Waals surface area contributed by atoms with Crippen LogP contribution >= 0.6 is 11.6 Å². The molecule has 0 aliphatic carbocycles. The smallest absolute Gasteiger partial charge is 0.130 e. The molecule has 0 fully saturated rings. The van der Waals surface area contributed by atoms with Crippen molar-refractivity contribution in [3.63, 3.8) is 0 Å². The van der Waals surface area contributed by atoms with Gasteiger partial charge in [0, 0.05) is 25.8 Å². The Morgan fingerprint density at radius 3 is 2.45 bits per heavy atom. The number of pyridine rings is 1. The van der Waals surface area contributed by atoms with Crippen molar-refractivity contribution in [3.05, 3.63) is 35.1 Å². The first-order valence-electron chi connectivity index (χ1n) is 8.11. The normalized spacial score (nSPS) is 13.9. The van der Waals surface area contributed by atoms with Gasteiger partial charge in [0.15, 0.2) is 0 Å². The highest BCUT2D eigenvalue weighted by Crippen LogP contribution is 2.30. The number of rotatable bonds is 1. The molecule has 0 N–H and O–H groups in total. The minimum atomic E-state index is 0.738. The summed E-state index contributed by atoms with van der Waals surface area (Å²) in [6.45, 7) is 10.9. The van der Waals surface area contributed by atoms with Crippen LogP contribution in [-0.2, 0) is 13.1 Å². The van der Waals surface area contributed by atoms with Gasteiger partial charge >= 0.3 is 0 Å². The van der Waals surface area contributed by atoms with E-state index in [0.717, 1.165) is 48.2 Å². The summed E-state index contributed by atoms with van der Waals surface area (Å²) in [5.41, 5.74) is 2.73. The Morgan fingerprint density at radius 2 is 1.82 bits per heavy atom. The van der Waals surface area contributed by atoms with Gasteiger partial charge in [0.1, 0.15) is 5.69 Å². The van der Waals surface area contributed by atoms with Crippen LogP contribution in [0.5, 0.6) is 0 Å². The molecule has 0 unspecified atom stereocenters. The van der Waals surface area contributed by atoms with Gasteiger partial charge in [0.25, 0.3) is 0 Å². The molecular weight excluding hydrogens is 296 g/mol. The maximum atomic E-state index is 6.46. The van der Waals surface area contributed by atoms with E-state index in [0.29, 0.717) is 0 Å². The molecule has 0 amide bonds. The van der Waals surface area contributed by atoms with Crippen molar-refractivity contribution >= 4 is 11.6 Å². The zero-order valence-electron chi connectivity index (χ0n) is 14.3. The third-order valence-corrected chi connectivity index (χ3v) is 3.63. The van der Waals surface area contributed by atoms with Crippen molar-refractivity contribution in [2.75, 3.05) is 13.6 Å². The molecule has 0 saturated carbocycles. The fourth-order valence-electron chi connectivity index (χ4n) is 2.30. The highest BCUT2D eigenvalue weighted by molar-refractivity contribution is 6.33. The Morgan fingerprint density at radius 1 is 1.09 bits per heavy atom. The zero-order chi connectivity index (χ0) is 16.5. The van der Waals surface area contributed by atoms with Crippen LogP contribution in [0, 0.1) is 0 Å². The van der Waals surface area contributed by atoms with E-state index in [1.165, 1.54) is 0 Å².